The number of nitrogens with zero attached hydrogens (tertiary/aromatic N) is 1. The fourth-order valence-electron chi connectivity index (χ4n) is 1.70. The van der Waals surface area contributed by atoms with Gasteiger partial charge in [0, 0.05) is 18.0 Å². The maximum Gasteiger partial charge on any atom is 0.118 e. The zero-order valence-electron chi connectivity index (χ0n) is 10.9. The monoisotopic (exact) mass is 262 g/mol. The molecular weight excluding hydrogens is 244 g/mol. The fraction of sp³-hybridized carbons (Fsp3) is 0.357. The van der Waals surface area contributed by atoms with Crippen LogP contribution in [0.5, 0.6) is 5.75 Å². The summed E-state index contributed by atoms with van der Waals surface area (Å²) in [5.41, 5.74) is 2.36. The van der Waals surface area contributed by atoms with Crippen molar-refractivity contribution in [2.75, 3.05) is 7.11 Å². The van der Waals surface area contributed by atoms with E-state index in [0.717, 1.165) is 23.0 Å². The molecule has 0 saturated carbocycles. The molecule has 3 nitrogen and oxygen atoms in total. The van der Waals surface area contributed by atoms with Crippen molar-refractivity contribution >= 4 is 11.3 Å². The number of benzene rings is 1. The lowest BCUT2D eigenvalue weighted by Crippen LogP contribution is -2.18. The van der Waals surface area contributed by atoms with Crippen LogP contribution < -0.4 is 10.1 Å². The minimum absolute atomic E-state index is 0.275. The van der Waals surface area contributed by atoms with Crippen LogP contribution in [0.25, 0.3) is 0 Å². The van der Waals surface area contributed by atoms with Crippen molar-refractivity contribution in [3.05, 3.63) is 45.9 Å². The average Bonchev–Trinajstić information content (AvgIpc) is 2.83. The quantitative estimate of drug-likeness (QED) is 0.897. The summed E-state index contributed by atoms with van der Waals surface area (Å²) in [5, 5.41) is 6.70. The normalized spacial score (nSPS) is 12.4. The number of methoxy groups -OCH3 is 1. The number of hydrogen-bond donors (Lipinski definition) is 1. The highest BCUT2D eigenvalue weighted by molar-refractivity contribution is 7.09. The number of hydrogen-bond acceptors (Lipinski definition) is 4. The highest BCUT2D eigenvalue weighted by Crippen LogP contribution is 2.17. The van der Waals surface area contributed by atoms with E-state index < -0.39 is 0 Å². The summed E-state index contributed by atoms with van der Waals surface area (Å²) in [7, 11) is 1.68. The third kappa shape index (κ3) is 3.31. The Labute approximate surface area is 112 Å². The molecule has 18 heavy (non-hydrogen) atoms. The lowest BCUT2D eigenvalue weighted by atomic mass is 10.2. The molecule has 0 unspecified atom stereocenters. The second kappa shape index (κ2) is 5.98. The molecule has 4 heteroatoms. The van der Waals surface area contributed by atoms with Gasteiger partial charge in [-0.25, -0.2) is 4.98 Å². The SMILES string of the molecule is COc1ccc(CN[C@@H](C)c2csc(C)n2)cc1. The number of aromatic nitrogens is 1. The van der Waals surface area contributed by atoms with Crippen molar-refractivity contribution in [2.45, 2.75) is 26.4 Å². The van der Waals surface area contributed by atoms with Crippen LogP contribution in [0.2, 0.25) is 0 Å². The zero-order chi connectivity index (χ0) is 13.0. The van der Waals surface area contributed by atoms with Crippen LogP contribution in [0.1, 0.15) is 29.2 Å². The summed E-state index contributed by atoms with van der Waals surface area (Å²) >= 11 is 1.69. The molecule has 0 spiro atoms. The second-order valence-corrected chi connectivity index (χ2v) is 5.30. The molecule has 0 aliphatic carbocycles. The first kappa shape index (κ1) is 13.1. The molecule has 1 N–H and O–H groups in total. The summed E-state index contributed by atoms with van der Waals surface area (Å²) in [4.78, 5) is 4.49. The molecule has 1 aromatic heterocycles. The Morgan fingerprint density at radius 2 is 2.06 bits per heavy atom. The molecular formula is C14H18N2OS. The maximum atomic E-state index is 5.14. The lowest BCUT2D eigenvalue weighted by molar-refractivity contribution is 0.414. The standard InChI is InChI=1S/C14H18N2OS/c1-10(14-9-18-11(2)16-14)15-8-12-4-6-13(17-3)7-5-12/h4-7,9-10,15H,8H2,1-3H3/t10-/m0/s1. The smallest absolute Gasteiger partial charge is 0.118 e. The van der Waals surface area contributed by atoms with Crippen molar-refractivity contribution in [3.8, 4) is 5.75 Å². The van der Waals surface area contributed by atoms with Crippen LogP contribution in [0.15, 0.2) is 29.6 Å². The Bertz CT molecular complexity index is 493. The number of rotatable bonds is 5. The molecule has 0 radical (unpaired) electrons. The van der Waals surface area contributed by atoms with Crippen molar-refractivity contribution < 1.29 is 4.74 Å². The molecule has 96 valence electrons. The Morgan fingerprint density at radius 1 is 1.33 bits per heavy atom. The fourth-order valence-corrected chi connectivity index (χ4v) is 2.40. The van der Waals surface area contributed by atoms with E-state index in [9.17, 15) is 0 Å². The van der Waals surface area contributed by atoms with Gasteiger partial charge in [0.1, 0.15) is 5.75 Å². The summed E-state index contributed by atoms with van der Waals surface area (Å²) in [6, 6.07) is 8.39. The van der Waals surface area contributed by atoms with Crippen LogP contribution in [-0.2, 0) is 6.54 Å². The Balaban J connectivity index is 1.90. The van der Waals surface area contributed by atoms with Gasteiger partial charge in [0.2, 0.25) is 0 Å². The molecule has 0 amide bonds. The van der Waals surface area contributed by atoms with E-state index in [-0.39, 0.29) is 6.04 Å². The van der Waals surface area contributed by atoms with E-state index >= 15 is 0 Å². The number of ether oxygens (including phenoxy) is 1. The lowest BCUT2D eigenvalue weighted by Gasteiger charge is -2.11. The Morgan fingerprint density at radius 3 is 2.61 bits per heavy atom. The molecule has 2 rings (SSSR count). The molecule has 0 saturated heterocycles. The molecule has 2 aromatic rings. The predicted octanol–water partition coefficient (Wildman–Crippen LogP) is 3.31. The summed E-state index contributed by atoms with van der Waals surface area (Å²) in [5.74, 6) is 0.891. The molecule has 0 aliphatic rings. The highest BCUT2D eigenvalue weighted by atomic mass is 32.1. The van der Waals surface area contributed by atoms with E-state index in [1.165, 1.54) is 5.56 Å². The van der Waals surface area contributed by atoms with E-state index in [4.69, 9.17) is 4.74 Å². The van der Waals surface area contributed by atoms with E-state index in [1.54, 1.807) is 18.4 Å². The minimum Gasteiger partial charge on any atom is -0.497 e. The first-order valence-electron chi connectivity index (χ1n) is 5.97. The van der Waals surface area contributed by atoms with Gasteiger partial charge in [0.15, 0.2) is 0 Å². The predicted molar refractivity (Wildman–Crippen MR) is 75.1 cm³/mol. The number of aryl methyl sites for hydroxylation is 1. The number of nitrogens with one attached hydrogen (secondary N) is 1. The van der Waals surface area contributed by atoms with E-state index in [1.807, 2.05) is 19.1 Å². The number of thiazole rings is 1. The van der Waals surface area contributed by atoms with Gasteiger partial charge < -0.3 is 10.1 Å². The van der Waals surface area contributed by atoms with Crippen molar-refractivity contribution in [2.24, 2.45) is 0 Å². The average molecular weight is 262 g/mol. The molecule has 0 bridgehead atoms. The topological polar surface area (TPSA) is 34.1 Å². The largest absolute Gasteiger partial charge is 0.497 e. The van der Waals surface area contributed by atoms with Crippen molar-refractivity contribution in [3.63, 3.8) is 0 Å². The molecule has 0 fully saturated rings. The van der Waals surface area contributed by atoms with Gasteiger partial charge in [0.05, 0.1) is 17.8 Å². The van der Waals surface area contributed by atoms with Crippen LogP contribution in [0.3, 0.4) is 0 Å². The highest BCUT2D eigenvalue weighted by Gasteiger charge is 2.07. The summed E-state index contributed by atoms with van der Waals surface area (Å²) in [6.07, 6.45) is 0. The molecule has 1 atom stereocenters. The molecule has 1 aromatic carbocycles. The Hall–Kier alpha value is -1.39. The Kier molecular flexibility index (Phi) is 4.33. The minimum atomic E-state index is 0.275. The second-order valence-electron chi connectivity index (χ2n) is 4.24. The first-order chi connectivity index (χ1) is 8.69. The van der Waals surface area contributed by atoms with Gasteiger partial charge in [-0.05, 0) is 31.5 Å². The zero-order valence-corrected chi connectivity index (χ0v) is 11.8. The van der Waals surface area contributed by atoms with Gasteiger partial charge in [-0.2, -0.15) is 0 Å². The van der Waals surface area contributed by atoms with E-state index in [0.29, 0.717) is 0 Å². The van der Waals surface area contributed by atoms with Gasteiger partial charge in [-0.15, -0.1) is 11.3 Å². The van der Waals surface area contributed by atoms with Gasteiger partial charge in [-0.1, -0.05) is 12.1 Å². The summed E-state index contributed by atoms with van der Waals surface area (Å²) in [6.45, 7) is 5.00. The molecule has 1 heterocycles. The third-order valence-corrected chi connectivity index (χ3v) is 3.64. The molecule has 0 aliphatic heterocycles. The van der Waals surface area contributed by atoms with E-state index in [2.05, 4.69) is 34.7 Å². The van der Waals surface area contributed by atoms with Gasteiger partial charge in [0.25, 0.3) is 0 Å². The van der Waals surface area contributed by atoms with Crippen LogP contribution in [-0.4, -0.2) is 12.1 Å². The van der Waals surface area contributed by atoms with Gasteiger partial charge in [-0.3, -0.25) is 0 Å². The summed E-state index contributed by atoms with van der Waals surface area (Å²) < 4.78 is 5.14. The van der Waals surface area contributed by atoms with Crippen LogP contribution in [0, 0.1) is 6.92 Å². The van der Waals surface area contributed by atoms with Crippen LogP contribution >= 0.6 is 11.3 Å². The maximum absolute atomic E-state index is 5.14. The third-order valence-electron chi connectivity index (χ3n) is 2.85. The van der Waals surface area contributed by atoms with Crippen molar-refractivity contribution in [1.82, 2.24) is 10.3 Å². The first-order valence-corrected chi connectivity index (χ1v) is 6.85. The van der Waals surface area contributed by atoms with Crippen molar-refractivity contribution in [1.29, 1.82) is 0 Å². The van der Waals surface area contributed by atoms with Crippen LogP contribution in [0.4, 0.5) is 0 Å². The van der Waals surface area contributed by atoms with Gasteiger partial charge >= 0.3 is 0 Å².